The van der Waals surface area contributed by atoms with Crippen LogP contribution in [0.3, 0.4) is 0 Å². The average molecular weight is 434 g/mol. The highest BCUT2D eigenvalue weighted by Gasteiger charge is 2.32. The number of anilines is 1. The number of sulfonamides is 1. The van der Waals surface area contributed by atoms with Crippen LogP contribution in [-0.4, -0.2) is 76.0 Å². The molecule has 1 aromatic carbocycles. The van der Waals surface area contributed by atoms with Gasteiger partial charge in [-0.3, -0.25) is 0 Å². The van der Waals surface area contributed by atoms with Gasteiger partial charge in [0.05, 0.1) is 17.7 Å². The Kier molecular flexibility index (Phi) is 6.95. The van der Waals surface area contributed by atoms with E-state index in [2.05, 4.69) is 4.90 Å². The lowest BCUT2D eigenvalue weighted by molar-refractivity contribution is 0.308. The zero-order valence-electron chi connectivity index (χ0n) is 18.4. The molecule has 1 fully saturated rings. The summed E-state index contributed by atoms with van der Waals surface area (Å²) < 4.78 is 33.2. The van der Waals surface area contributed by atoms with E-state index in [1.807, 2.05) is 39.2 Å². The standard InChI is InChI=1S/C21H31N5O3S/c1-24(2)15-17-12-20(25(3)4)23-21(22-17)16-8-7-11-26(14-16)30(27,28)19-10-6-9-18(13-19)29-5/h6,9-10,12-13,16H,7-8,11,14-15H2,1-5H3/t16-/m0/s1. The summed E-state index contributed by atoms with van der Waals surface area (Å²) in [7, 11) is 5.82. The Bertz CT molecular complexity index is 978. The molecule has 8 nitrogen and oxygen atoms in total. The number of hydrogen-bond donors (Lipinski definition) is 0. The highest BCUT2D eigenvalue weighted by Crippen LogP contribution is 2.30. The second kappa shape index (κ2) is 9.28. The molecule has 164 valence electrons. The van der Waals surface area contributed by atoms with Gasteiger partial charge in [-0.25, -0.2) is 18.4 Å². The average Bonchev–Trinajstić information content (AvgIpc) is 2.73. The van der Waals surface area contributed by atoms with Crippen molar-refractivity contribution in [1.82, 2.24) is 19.2 Å². The van der Waals surface area contributed by atoms with Crippen LogP contribution in [0.15, 0.2) is 35.2 Å². The summed E-state index contributed by atoms with van der Waals surface area (Å²) in [5.41, 5.74) is 0.932. The van der Waals surface area contributed by atoms with Crippen molar-refractivity contribution in [2.75, 3.05) is 53.3 Å². The summed E-state index contributed by atoms with van der Waals surface area (Å²) in [5, 5.41) is 0. The molecule has 1 aliphatic rings. The number of benzene rings is 1. The Labute approximate surface area is 179 Å². The molecule has 0 amide bonds. The van der Waals surface area contributed by atoms with Gasteiger partial charge < -0.3 is 14.5 Å². The van der Waals surface area contributed by atoms with E-state index in [4.69, 9.17) is 14.7 Å². The Hall–Kier alpha value is -2.23. The van der Waals surface area contributed by atoms with Gasteiger partial charge in [0.1, 0.15) is 17.4 Å². The Morgan fingerprint density at radius 3 is 2.60 bits per heavy atom. The number of piperidine rings is 1. The van der Waals surface area contributed by atoms with Crippen molar-refractivity contribution in [3.05, 3.63) is 41.9 Å². The fraction of sp³-hybridized carbons (Fsp3) is 0.524. The molecule has 0 spiro atoms. The minimum absolute atomic E-state index is 0.0417. The molecular formula is C21H31N5O3S. The molecule has 0 unspecified atom stereocenters. The van der Waals surface area contributed by atoms with Gasteiger partial charge in [-0.15, -0.1) is 0 Å². The largest absolute Gasteiger partial charge is 0.497 e. The first kappa shape index (κ1) is 22.5. The zero-order chi connectivity index (χ0) is 21.9. The molecule has 30 heavy (non-hydrogen) atoms. The van der Waals surface area contributed by atoms with Crippen LogP contribution >= 0.6 is 0 Å². The third-order valence-electron chi connectivity index (χ3n) is 5.15. The number of hydrogen-bond acceptors (Lipinski definition) is 7. The fourth-order valence-electron chi connectivity index (χ4n) is 3.60. The van der Waals surface area contributed by atoms with Crippen LogP contribution in [0.4, 0.5) is 5.82 Å². The maximum Gasteiger partial charge on any atom is 0.243 e. The van der Waals surface area contributed by atoms with Crippen molar-refractivity contribution >= 4 is 15.8 Å². The van der Waals surface area contributed by atoms with Gasteiger partial charge in [-0.1, -0.05) is 6.07 Å². The summed E-state index contributed by atoms with van der Waals surface area (Å²) in [6.07, 6.45) is 1.63. The maximum absolute atomic E-state index is 13.2. The van der Waals surface area contributed by atoms with E-state index < -0.39 is 10.0 Å². The lowest BCUT2D eigenvalue weighted by Gasteiger charge is -2.31. The van der Waals surface area contributed by atoms with Crippen molar-refractivity contribution in [3.63, 3.8) is 0 Å². The number of ether oxygens (including phenoxy) is 1. The van der Waals surface area contributed by atoms with Crippen LogP contribution in [0.2, 0.25) is 0 Å². The number of nitrogens with zero attached hydrogens (tertiary/aromatic N) is 5. The minimum Gasteiger partial charge on any atom is -0.497 e. The Balaban J connectivity index is 1.89. The smallest absolute Gasteiger partial charge is 0.243 e. The van der Waals surface area contributed by atoms with Gasteiger partial charge in [-0.2, -0.15) is 4.31 Å². The third-order valence-corrected chi connectivity index (χ3v) is 7.01. The van der Waals surface area contributed by atoms with Crippen LogP contribution in [0.5, 0.6) is 5.75 Å². The molecule has 9 heteroatoms. The molecule has 0 radical (unpaired) electrons. The van der Waals surface area contributed by atoms with Crippen molar-refractivity contribution in [2.24, 2.45) is 0 Å². The molecule has 0 N–H and O–H groups in total. The highest BCUT2D eigenvalue weighted by molar-refractivity contribution is 7.89. The molecular weight excluding hydrogens is 402 g/mol. The van der Waals surface area contributed by atoms with Crippen molar-refractivity contribution < 1.29 is 13.2 Å². The van der Waals surface area contributed by atoms with Gasteiger partial charge in [0.25, 0.3) is 0 Å². The first-order valence-corrected chi connectivity index (χ1v) is 11.5. The number of methoxy groups -OCH3 is 1. The van der Waals surface area contributed by atoms with Gasteiger partial charge in [-0.05, 0) is 39.1 Å². The predicted molar refractivity (Wildman–Crippen MR) is 117 cm³/mol. The molecule has 1 aromatic heterocycles. The van der Waals surface area contributed by atoms with Crippen LogP contribution < -0.4 is 9.64 Å². The quantitative estimate of drug-likeness (QED) is 0.662. The molecule has 0 saturated carbocycles. The summed E-state index contributed by atoms with van der Waals surface area (Å²) in [4.78, 5) is 13.8. The van der Waals surface area contributed by atoms with Gasteiger partial charge in [0.2, 0.25) is 10.0 Å². The maximum atomic E-state index is 13.2. The van der Waals surface area contributed by atoms with Gasteiger partial charge in [0, 0.05) is 51.8 Å². The topological polar surface area (TPSA) is 78.9 Å². The normalized spacial score (nSPS) is 17.9. The predicted octanol–water partition coefficient (Wildman–Crippen LogP) is 2.18. The van der Waals surface area contributed by atoms with Crippen molar-refractivity contribution in [3.8, 4) is 5.75 Å². The minimum atomic E-state index is -3.61. The van der Waals surface area contributed by atoms with Crippen LogP contribution in [0.1, 0.15) is 30.3 Å². The molecule has 2 aromatic rings. The van der Waals surface area contributed by atoms with E-state index in [1.54, 1.807) is 28.6 Å². The van der Waals surface area contributed by atoms with E-state index in [0.29, 0.717) is 31.2 Å². The SMILES string of the molecule is COc1cccc(S(=O)(=O)N2CCC[C@H](c3nc(CN(C)C)cc(N(C)C)n3)C2)c1. The van der Waals surface area contributed by atoms with Crippen molar-refractivity contribution in [1.29, 1.82) is 0 Å². The van der Waals surface area contributed by atoms with Crippen LogP contribution in [0, 0.1) is 0 Å². The number of aromatic nitrogens is 2. The molecule has 0 aliphatic carbocycles. The summed E-state index contributed by atoms with van der Waals surface area (Å²) in [6, 6.07) is 8.60. The van der Waals surface area contributed by atoms with Crippen LogP contribution in [-0.2, 0) is 16.6 Å². The zero-order valence-corrected chi connectivity index (χ0v) is 19.2. The van der Waals surface area contributed by atoms with E-state index in [1.165, 1.54) is 7.11 Å². The second-order valence-electron chi connectivity index (χ2n) is 8.09. The molecule has 1 aliphatic heterocycles. The molecule has 0 bridgehead atoms. The second-order valence-corrected chi connectivity index (χ2v) is 10.0. The van der Waals surface area contributed by atoms with E-state index in [0.717, 1.165) is 24.4 Å². The summed E-state index contributed by atoms with van der Waals surface area (Å²) in [5.74, 6) is 2.04. The lowest BCUT2D eigenvalue weighted by atomic mass is 9.98. The lowest BCUT2D eigenvalue weighted by Crippen LogP contribution is -2.39. The monoisotopic (exact) mass is 433 g/mol. The van der Waals surface area contributed by atoms with E-state index in [-0.39, 0.29) is 10.8 Å². The first-order valence-electron chi connectivity index (χ1n) is 10.0. The fourth-order valence-corrected chi connectivity index (χ4v) is 5.16. The van der Waals surface area contributed by atoms with E-state index >= 15 is 0 Å². The van der Waals surface area contributed by atoms with Crippen molar-refractivity contribution in [2.45, 2.75) is 30.2 Å². The van der Waals surface area contributed by atoms with E-state index in [9.17, 15) is 8.42 Å². The van der Waals surface area contributed by atoms with Gasteiger partial charge in [0.15, 0.2) is 0 Å². The summed E-state index contributed by atoms with van der Waals surface area (Å²) in [6.45, 7) is 1.57. The Morgan fingerprint density at radius 2 is 1.93 bits per heavy atom. The van der Waals surface area contributed by atoms with Gasteiger partial charge >= 0.3 is 0 Å². The molecule has 1 atom stereocenters. The van der Waals surface area contributed by atoms with Crippen LogP contribution in [0.25, 0.3) is 0 Å². The molecule has 3 rings (SSSR count). The molecule has 2 heterocycles. The molecule has 1 saturated heterocycles. The number of rotatable bonds is 7. The third kappa shape index (κ3) is 5.08. The highest BCUT2D eigenvalue weighted by atomic mass is 32.2. The Morgan fingerprint density at radius 1 is 1.17 bits per heavy atom. The first-order chi connectivity index (χ1) is 14.2. The summed E-state index contributed by atoms with van der Waals surface area (Å²) >= 11 is 0.